The number of H-pyrrole nitrogens is 1. The second kappa shape index (κ2) is 48.1. The van der Waals surface area contributed by atoms with Gasteiger partial charge < -0.3 is 94.0 Å². The van der Waals surface area contributed by atoms with Gasteiger partial charge in [-0.1, -0.05) is 76.3 Å². The van der Waals surface area contributed by atoms with Crippen molar-refractivity contribution in [3.05, 3.63) is 115 Å². The normalized spacial score (nSPS) is 26.7. The first-order valence-corrected chi connectivity index (χ1v) is 45.9. The predicted molar refractivity (Wildman–Crippen MR) is 487 cm³/mol. The maximum atomic E-state index is 14.9. The van der Waals surface area contributed by atoms with Crippen LogP contribution < -0.4 is 26.2 Å². The molecule has 1 aliphatic carbocycles. The predicted octanol–water partition coefficient (Wildman–Crippen LogP) is 8.58. The number of ether oxygens (including phenoxy) is 9. The third-order valence-electron chi connectivity index (χ3n) is 25.7. The summed E-state index contributed by atoms with van der Waals surface area (Å²) >= 11 is 0. The van der Waals surface area contributed by atoms with Crippen LogP contribution in [0.5, 0.6) is 5.75 Å². The summed E-state index contributed by atoms with van der Waals surface area (Å²) in [7, 11) is 4.61. The molecule has 1 aromatic carbocycles. The van der Waals surface area contributed by atoms with Gasteiger partial charge in [0.25, 0.3) is 17.6 Å². The molecule has 0 spiro atoms. The number of cyclic esters (lactones) is 1. The number of unbranched alkanes of at least 4 members (excludes halogenated alkanes) is 1. The topological polar surface area (TPSA) is 465 Å². The van der Waals surface area contributed by atoms with E-state index in [1.165, 1.54) is 30.7 Å². The number of ketones is 3. The number of Topliss-reactive ketones (excluding diaryl/α,β-unsaturated/α-hetero) is 3. The van der Waals surface area contributed by atoms with Crippen LogP contribution in [-0.4, -0.2) is 289 Å². The minimum absolute atomic E-state index is 0.0179. The van der Waals surface area contributed by atoms with Crippen LogP contribution in [0.1, 0.15) is 161 Å². The first kappa shape index (κ1) is 99.3. The number of hydrogen-bond acceptors (Lipinski definition) is 31. The van der Waals surface area contributed by atoms with Crippen molar-refractivity contribution in [2.75, 3.05) is 136 Å². The van der Waals surface area contributed by atoms with Crippen LogP contribution in [0.2, 0.25) is 0 Å². The lowest BCUT2D eigenvalue weighted by Gasteiger charge is -2.42. The number of aromatic amines is 1. The second-order valence-electron chi connectivity index (χ2n) is 35.2. The number of fused-ring (bicyclic) bond motifs is 5. The molecule has 4 fully saturated rings. The van der Waals surface area contributed by atoms with Gasteiger partial charge in [0.2, 0.25) is 23.6 Å². The van der Waals surface area contributed by atoms with Gasteiger partial charge in [-0.05, 0) is 144 Å². The maximum Gasteiger partial charge on any atom is 0.329 e. The molecule has 37 nitrogen and oxygen atoms in total. The maximum absolute atomic E-state index is 14.9. The minimum atomic E-state index is -2.48. The summed E-state index contributed by atoms with van der Waals surface area (Å²) in [5.41, 5.74) is 11.9. The van der Waals surface area contributed by atoms with Gasteiger partial charge in [-0.15, -0.1) is 5.10 Å². The lowest BCUT2D eigenvalue weighted by atomic mass is 9.77. The summed E-state index contributed by atoms with van der Waals surface area (Å²) in [6, 6.07) is 5.60. The number of amides is 3. The SMILES string of the molecule is CO[C@H]1C[C@@H]2CC[C@@H](C)[C@@](O)(O2)C(=O)C(=O)N2CCCC[C@H]2C(=O)O[C@H]([C@H](C)C[C@@H]2CC[C@H](n3cc(-c4cnc(N5CCN(c6ncc(C(=O)NCCOCCOCCOCCOCCC(=O)NCCCCn7nc(-c8cc9cc(O)ccc9[nH]8)c8c(N)ncnc87)cn6)CC5)nc4)nn3)[C@H](OC)C2)CC(=O)[C@H](C)/C=C(\C)[C@@H](O)[C@@H](OC)C(=O)[C@H](C)C[C@H](C)/C=C/C=C/C=C/1C. The van der Waals surface area contributed by atoms with Crippen LogP contribution >= 0.6 is 0 Å². The Labute approximate surface area is 763 Å². The number of esters is 1. The highest BCUT2D eigenvalue weighted by atomic mass is 16.6. The molecule has 0 radical (unpaired) electrons. The molecule has 8 N–H and O–H groups in total. The third-order valence-corrected chi connectivity index (χ3v) is 25.7. The molecule has 12 rings (SSSR count). The van der Waals surface area contributed by atoms with Crippen LogP contribution in [0.25, 0.3) is 44.6 Å². The number of phenolic OH excluding ortho intramolecular Hbond substituents is 1. The number of phenols is 1. The number of aliphatic hydroxyl groups is 2. The quantitative estimate of drug-likeness (QED) is 0.00897. The second-order valence-corrected chi connectivity index (χ2v) is 35.2. The number of aromatic nitrogens is 12. The molecule has 2 bridgehead atoms. The van der Waals surface area contributed by atoms with Crippen LogP contribution in [0.3, 0.4) is 0 Å². The molecule has 1 saturated carbocycles. The van der Waals surface area contributed by atoms with Gasteiger partial charge in [0.1, 0.15) is 59.4 Å². The van der Waals surface area contributed by atoms with Gasteiger partial charge >= 0.3 is 5.97 Å². The number of benzene rings is 1. The number of nitrogens with two attached hydrogens (primary N) is 1. The van der Waals surface area contributed by atoms with Crippen LogP contribution in [0.15, 0.2) is 109 Å². The number of methoxy groups -OCH3 is 3. The number of hydrogen-bond donors (Lipinski definition) is 7. The Bertz CT molecular complexity index is 5090. The van der Waals surface area contributed by atoms with E-state index in [2.05, 4.69) is 50.8 Å². The van der Waals surface area contributed by atoms with Crippen LogP contribution in [0, 0.1) is 35.5 Å². The monoisotopic (exact) mass is 1810 g/mol. The molecule has 5 aliphatic rings. The van der Waals surface area contributed by atoms with E-state index in [0.717, 1.165) is 41.4 Å². The van der Waals surface area contributed by atoms with Crippen molar-refractivity contribution in [2.24, 2.45) is 35.5 Å². The molecular weight excluding hydrogens is 1690 g/mol. The van der Waals surface area contributed by atoms with Gasteiger partial charge in [-0.3, -0.25) is 28.8 Å². The van der Waals surface area contributed by atoms with Crippen LogP contribution in [-0.2, 0) is 77.9 Å². The average molecular weight is 1820 g/mol. The Balaban J connectivity index is 0.546. The van der Waals surface area contributed by atoms with Crippen molar-refractivity contribution in [1.29, 1.82) is 0 Å². The molecule has 710 valence electrons. The van der Waals surface area contributed by atoms with Crippen molar-refractivity contribution in [2.45, 2.75) is 206 Å². The molecule has 37 heteroatoms. The van der Waals surface area contributed by atoms with Crippen molar-refractivity contribution >= 4 is 80.7 Å². The number of nitrogen functional groups attached to an aromatic ring is 1. The fourth-order valence-corrected chi connectivity index (χ4v) is 17.9. The minimum Gasteiger partial charge on any atom is -0.508 e. The van der Waals surface area contributed by atoms with E-state index in [9.17, 15) is 48.9 Å². The molecule has 10 heterocycles. The van der Waals surface area contributed by atoms with E-state index in [-0.39, 0.29) is 105 Å². The Morgan fingerprint density at radius 3 is 2.15 bits per heavy atom. The fraction of sp³-hybridized carbons (Fsp3) is 0.596. The summed E-state index contributed by atoms with van der Waals surface area (Å²) in [6.07, 6.45) is 22.7. The van der Waals surface area contributed by atoms with Crippen molar-refractivity contribution in [3.8, 4) is 28.4 Å². The zero-order valence-corrected chi connectivity index (χ0v) is 77.0. The number of piperidine rings is 1. The van der Waals surface area contributed by atoms with Crippen molar-refractivity contribution in [3.63, 3.8) is 0 Å². The Kier molecular flexibility index (Phi) is 36.4. The van der Waals surface area contributed by atoms with E-state index in [0.29, 0.717) is 187 Å². The smallest absolute Gasteiger partial charge is 0.329 e. The number of nitrogens with zero attached hydrogens (tertiary/aromatic N) is 14. The number of carbonyl (C=O) groups is 7. The van der Waals surface area contributed by atoms with E-state index in [1.54, 1.807) is 76.3 Å². The van der Waals surface area contributed by atoms with Crippen LogP contribution in [0.4, 0.5) is 17.7 Å². The Morgan fingerprint density at radius 2 is 1.44 bits per heavy atom. The first-order chi connectivity index (χ1) is 63.2. The molecule has 131 heavy (non-hydrogen) atoms. The molecule has 4 aliphatic heterocycles. The van der Waals surface area contributed by atoms with Gasteiger partial charge in [0.05, 0.1) is 100 Å². The van der Waals surface area contributed by atoms with Gasteiger partial charge in [-0.25, -0.2) is 44.1 Å². The largest absolute Gasteiger partial charge is 0.508 e. The number of aromatic hydroxyl groups is 1. The number of allylic oxidation sites excluding steroid dienone is 6. The van der Waals surface area contributed by atoms with E-state index >= 15 is 0 Å². The van der Waals surface area contributed by atoms with E-state index in [4.69, 9.17) is 63.4 Å². The number of piperazine rings is 1. The zero-order chi connectivity index (χ0) is 93.3. The number of aryl methyl sites for hydroxylation is 1. The number of anilines is 3. The van der Waals surface area contributed by atoms with E-state index in [1.807, 2.05) is 79.9 Å². The standard InChI is InChI=1S/C94H130N18O19/c1-58-18-12-11-13-19-59(2)77(123-8)50-70-24-21-64(7)94(122,131-70)86(118)90(120)110-30-16-14-20-75(110)91(121)130-78(51-76(114)60(3)45-63(6)84(117)85(125-10)83(116)62(5)44-58)61(4)46-65-22-26-74(79(47-65)124-9)112-56-73(105-107-112)67-52-98-92(99-53-67)108-32-34-109(35-33-108)93-100-54-68(55-101-93)89(119)97-29-37-127-39-41-129-43-42-128-40-38-126-36-27-80(115)96-28-15-17-31-111-88-81(87(95)102-57-103-88)82(106-111)72-49-66-48-69(113)23-25-71(66)104-72/h11-13,18-19,23,25,45,48-49,52-58,60-62,64-65,70,74-75,77-79,84-85,104,113,117,122H,14-17,20-22,24,26-44,46-47,50-51H2,1-10H3,(H,96,115)(H,97,119)(H2,95,102,103)/b13-11+,18-12+,59-19+,63-45+/t58-,60-,61-,62-,64-,65+,70+,74+,75+,77+,78+,79-,84-,85+,94-/m1/s1. The molecule has 7 aromatic rings. The number of nitrogens with one attached hydrogen (secondary N) is 3. The molecule has 0 unspecified atom stereocenters. The first-order valence-electron chi connectivity index (χ1n) is 45.9. The summed E-state index contributed by atoms with van der Waals surface area (Å²) in [5, 5.41) is 55.1. The number of carbonyl (C=O) groups excluding carboxylic acids is 7. The molecular formula is C94H130N18O19. The summed E-state index contributed by atoms with van der Waals surface area (Å²) in [6.45, 7) is 19.0. The highest BCUT2D eigenvalue weighted by molar-refractivity contribution is 6.39. The molecule has 15 atom stereocenters. The summed E-state index contributed by atoms with van der Waals surface area (Å²) in [4.78, 5) is 134. The summed E-state index contributed by atoms with van der Waals surface area (Å²) < 4.78 is 56.6. The third kappa shape index (κ3) is 26.4. The Morgan fingerprint density at radius 1 is 0.740 bits per heavy atom. The average Bonchev–Trinajstić information content (AvgIpc) is 1.64. The molecule has 3 saturated heterocycles. The van der Waals surface area contributed by atoms with Gasteiger partial charge in [-0.2, -0.15) is 5.10 Å². The number of aliphatic hydroxyl groups excluding tert-OH is 1. The summed E-state index contributed by atoms with van der Waals surface area (Å²) in [5.74, 6) is -7.39. The fourth-order valence-electron chi connectivity index (χ4n) is 17.9. The van der Waals surface area contributed by atoms with Gasteiger partial charge in [0, 0.05) is 152 Å². The number of rotatable bonds is 32. The highest BCUT2D eigenvalue weighted by Crippen LogP contribution is 2.41. The highest BCUT2D eigenvalue weighted by Gasteiger charge is 2.53. The van der Waals surface area contributed by atoms with Crippen molar-refractivity contribution in [1.82, 2.24) is 75.2 Å². The van der Waals surface area contributed by atoms with Gasteiger partial charge in [0.15, 0.2) is 11.4 Å². The Hall–Kier alpha value is -10.7. The van der Waals surface area contributed by atoms with Crippen molar-refractivity contribution < 1.29 is 91.5 Å². The zero-order valence-electron chi connectivity index (χ0n) is 77.0. The molecule has 6 aromatic heterocycles. The lowest BCUT2D eigenvalue weighted by molar-refractivity contribution is -0.265. The van der Waals surface area contributed by atoms with E-state index < -0.39 is 83.7 Å². The molecule has 3 amide bonds. The lowest BCUT2D eigenvalue weighted by Crippen LogP contribution is -2.61.